The Morgan fingerprint density at radius 2 is 2.06 bits per heavy atom. The Bertz CT molecular complexity index is 433. The highest BCUT2D eigenvalue weighted by Crippen LogP contribution is 2.19. The van der Waals surface area contributed by atoms with E-state index in [1.54, 1.807) is 0 Å². The van der Waals surface area contributed by atoms with E-state index in [-0.39, 0.29) is 5.56 Å². The van der Waals surface area contributed by atoms with E-state index in [0.29, 0.717) is 4.90 Å². The second kappa shape index (κ2) is 5.28. The lowest BCUT2D eigenvalue weighted by molar-refractivity contribution is -0.138. The molecule has 0 bridgehead atoms. The largest absolute Gasteiger partial charge is 0.406 e. The van der Waals surface area contributed by atoms with Gasteiger partial charge in [-0.1, -0.05) is 0 Å². The van der Waals surface area contributed by atoms with Crippen molar-refractivity contribution in [3.05, 3.63) is 29.6 Å². The first-order valence-corrected chi connectivity index (χ1v) is 4.77. The van der Waals surface area contributed by atoms with Crippen molar-refractivity contribution in [3.63, 3.8) is 0 Å². The smallest absolute Gasteiger partial charge is 0.333 e. The minimum atomic E-state index is -4.54. The van der Waals surface area contributed by atoms with Gasteiger partial charge in [0.05, 0.1) is 0 Å². The van der Waals surface area contributed by atoms with Crippen molar-refractivity contribution in [2.24, 2.45) is 0 Å². The number of hydrogen-bond donors (Lipinski definition) is 0. The van der Waals surface area contributed by atoms with Crippen LogP contribution < -0.4 is 0 Å². The van der Waals surface area contributed by atoms with E-state index in [1.165, 1.54) is 0 Å². The van der Waals surface area contributed by atoms with Crippen molar-refractivity contribution in [2.45, 2.75) is 12.6 Å². The van der Waals surface area contributed by atoms with Gasteiger partial charge in [-0.05, 0) is 12.1 Å². The maximum absolute atomic E-state index is 12.3. The fourth-order valence-electron chi connectivity index (χ4n) is 1.26. The molecule has 0 aliphatic heterocycles. The first-order valence-electron chi connectivity index (χ1n) is 4.77. The van der Waals surface area contributed by atoms with E-state index in [0.717, 1.165) is 25.4 Å². The van der Waals surface area contributed by atoms with Crippen LogP contribution in [0.2, 0.25) is 0 Å². The van der Waals surface area contributed by atoms with Crippen LogP contribution in [-0.4, -0.2) is 35.6 Å². The number of alkyl halides is 5. The lowest BCUT2D eigenvalue weighted by Crippen LogP contribution is -2.35. The van der Waals surface area contributed by atoms with E-state index in [2.05, 4.69) is 4.98 Å². The molecule has 0 aliphatic rings. The first kappa shape index (κ1) is 14.3. The van der Waals surface area contributed by atoms with Crippen molar-refractivity contribution in [2.75, 3.05) is 13.6 Å². The zero-order valence-electron chi connectivity index (χ0n) is 9.21. The molecule has 0 fully saturated rings. The summed E-state index contributed by atoms with van der Waals surface area (Å²) in [5.74, 6) is -0.989. The monoisotopic (exact) mass is 268 g/mol. The second-order valence-electron chi connectivity index (χ2n) is 3.55. The van der Waals surface area contributed by atoms with Gasteiger partial charge in [0.25, 0.3) is 12.3 Å². The molecule has 18 heavy (non-hydrogen) atoms. The van der Waals surface area contributed by atoms with E-state index in [4.69, 9.17) is 0 Å². The molecule has 1 heterocycles. The third-order valence-corrected chi connectivity index (χ3v) is 2.01. The Kier molecular flexibility index (Phi) is 4.20. The Morgan fingerprint density at radius 1 is 1.44 bits per heavy atom. The number of halogens is 5. The molecular weight excluding hydrogens is 259 g/mol. The normalized spacial score (nSPS) is 11.7. The molecule has 1 amide bonds. The Morgan fingerprint density at radius 3 is 2.56 bits per heavy atom. The standard InChI is InChI=1S/C10H9F5N2O/c1-17(5-10(13,14)15)9(18)6-2-3-16-7(4-6)8(11)12/h2-4,8H,5H2,1H3. The average molecular weight is 268 g/mol. The lowest BCUT2D eigenvalue weighted by atomic mass is 10.2. The number of rotatable bonds is 3. The predicted octanol–water partition coefficient (Wildman–Crippen LogP) is 2.65. The Hall–Kier alpha value is -1.73. The summed E-state index contributed by atoms with van der Waals surface area (Å²) in [6, 6.07) is 1.86. The van der Waals surface area contributed by atoms with Crippen LogP contribution in [0, 0.1) is 0 Å². The van der Waals surface area contributed by atoms with Crippen molar-refractivity contribution in [1.82, 2.24) is 9.88 Å². The van der Waals surface area contributed by atoms with Gasteiger partial charge in [-0.15, -0.1) is 0 Å². The van der Waals surface area contributed by atoms with Crippen molar-refractivity contribution in [1.29, 1.82) is 0 Å². The van der Waals surface area contributed by atoms with Gasteiger partial charge in [-0.25, -0.2) is 8.78 Å². The summed E-state index contributed by atoms with van der Waals surface area (Å²) in [6.07, 6.45) is -6.47. The molecule has 8 heteroatoms. The number of amides is 1. The second-order valence-corrected chi connectivity index (χ2v) is 3.55. The molecular formula is C10H9F5N2O. The van der Waals surface area contributed by atoms with Crippen LogP contribution in [0.4, 0.5) is 22.0 Å². The van der Waals surface area contributed by atoms with E-state index in [9.17, 15) is 26.7 Å². The molecule has 1 rings (SSSR count). The Labute approximate surface area is 99.2 Å². The number of nitrogens with zero attached hydrogens (tertiary/aromatic N) is 2. The van der Waals surface area contributed by atoms with Gasteiger partial charge in [0.15, 0.2) is 0 Å². The summed E-state index contributed by atoms with van der Waals surface area (Å²) >= 11 is 0. The number of pyridine rings is 1. The summed E-state index contributed by atoms with van der Waals surface area (Å²) in [5, 5.41) is 0. The van der Waals surface area contributed by atoms with Crippen LogP contribution >= 0.6 is 0 Å². The van der Waals surface area contributed by atoms with Crippen molar-refractivity contribution < 1.29 is 26.7 Å². The molecule has 0 radical (unpaired) electrons. The third-order valence-electron chi connectivity index (χ3n) is 2.01. The first-order chi connectivity index (χ1) is 8.20. The van der Waals surface area contributed by atoms with Gasteiger partial charge < -0.3 is 4.90 Å². The van der Waals surface area contributed by atoms with E-state index in [1.807, 2.05) is 0 Å². The highest BCUT2D eigenvalue weighted by molar-refractivity contribution is 5.94. The third kappa shape index (κ3) is 3.94. The maximum atomic E-state index is 12.3. The number of carbonyl (C=O) groups excluding carboxylic acids is 1. The Balaban J connectivity index is 2.87. The van der Waals surface area contributed by atoms with Crippen LogP contribution in [0.15, 0.2) is 18.3 Å². The van der Waals surface area contributed by atoms with Gasteiger partial charge in [-0.3, -0.25) is 9.78 Å². The van der Waals surface area contributed by atoms with Gasteiger partial charge in [-0.2, -0.15) is 13.2 Å². The minimum absolute atomic E-state index is 0.257. The number of aromatic nitrogens is 1. The topological polar surface area (TPSA) is 33.2 Å². The molecule has 0 saturated carbocycles. The highest BCUT2D eigenvalue weighted by Gasteiger charge is 2.31. The zero-order valence-corrected chi connectivity index (χ0v) is 9.21. The summed E-state index contributed by atoms with van der Waals surface area (Å²) in [4.78, 5) is 15.3. The summed E-state index contributed by atoms with van der Waals surface area (Å²) in [7, 11) is 0.943. The quantitative estimate of drug-likeness (QED) is 0.789. The van der Waals surface area contributed by atoms with Crippen molar-refractivity contribution >= 4 is 5.91 Å². The van der Waals surface area contributed by atoms with Crippen molar-refractivity contribution in [3.8, 4) is 0 Å². The molecule has 0 aliphatic carbocycles. The summed E-state index contributed by atoms with van der Waals surface area (Å²) in [6.45, 7) is -1.45. The summed E-state index contributed by atoms with van der Waals surface area (Å²) in [5.41, 5.74) is -0.909. The van der Waals surface area contributed by atoms with Crippen LogP contribution in [0.25, 0.3) is 0 Å². The molecule has 0 spiro atoms. The zero-order chi connectivity index (χ0) is 13.9. The number of hydrogen-bond acceptors (Lipinski definition) is 2. The number of carbonyl (C=O) groups is 1. The van der Waals surface area contributed by atoms with Gasteiger partial charge in [0.2, 0.25) is 0 Å². The SMILES string of the molecule is CN(CC(F)(F)F)C(=O)c1ccnc(C(F)F)c1. The molecule has 100 valence electrons. The van der Waals surface area contributed by atoms with E-state index < -0.39 is 30.7 Å². The predicted molar refractivity (Wildman–Crippen MR) is 52.2 cm³/mol. The van der Waals surface area contributed by atoms with E-state index >= 15 is 0 Å². The molecule has 0 unspecified atom stereocenters. The van der Waals surface area contributed by atoms with Gasteiger partial charge in [0.1, 0.15) is 12.2 Å². The molecule has 1 aromatic rings. The molecule has 0 atom stereocenters. The van der Waals surface area contributed by atoms with Crippen LogP contribution in [0.3, 0.4) is 0 Å². The molecule has 0 aromatic carbocycles. The lowest BCUT2D eigenvalue weighted by Gasteiger charge is -2.19. The molecule has 3 nitrogen and oxygen atoms in total. The minimum Gasteiger partial charge on any atom is -0.333 e. The highest BCUT2D eigenvalue weighted by atomic mass is 19.4. The maximum Gasteiger partial charge on any atom is 0.406 e. The molecule has 0 saturated heterocycles. The average Bonchev–Trinajstić information content (AvgIpc) is 2.26. The van der Waals surface area contributed by atoms with Gasteiger partial charge >= 0.3 is 6.18 Å². The fraction of sp³-hybridized carbons (Fsp3) is 0.400. The van der Waals surface area contributed by atoms with Gasteiger partial charge in [0, 0.05) is 18.8 Å². The summed E-state index contributed by atoms with van der Waals surface area (Å²) < 4.78 is 60.8. The van der Waals surface area contributed by atoms with Crippen LogP contribution in [0.5, 0.6) is 0 Å². The van der Waals surface area contributed by atoms with Crippen LogP contribution in [0.1, 0.15) is 22.5 Å². The molecule has 1 aromatic heterocycles. The fourth-order valence-corrected chi connectivity index (χ4v) is 1.26. The molecule has 0 N–H and O–H groups in total. The van der Waals surface area contributed by atoms with Crippen LogP contribution in [-0.2, 0) is 0 Å².